The number of benzene rings is 1. The molecule has 6 nitrogen and oxygen atoms in total. The van der Waals surface area contributed by atoms with E-state index in [2.05, 4.69) is 5.32 Å². The SMILES string of the molecule is COCCOc1cc(NC(=O)N(C)CC2CCCC2)ccc1OC. The van der Waals surface area contributed by atoms with Crippen LogP contribution in [0.5, 0.6) is 11.5 Å². The zero-order valence-electron chi connectivity index (χ0n) is 14.8. The van der Waals surface area contributed by atoms with Gasteiger partial charge in [0.15, 0.2) is 11.5 Å². The first kappa shape index (κ1) is 18.4. The highest BCUT2D eigenvalue weighted by molar-refractivity contribution is 5.89. The Morgan fingerprint density at radius 2 is 1.96 bits per heavy atom. The summed E-state index contributed by atoms with van der Waals surface area (Å²) in [5, 5.41) is 2.92. The monoisotopic (exact) mass is 336 g/mol. The molecule has 6 heteroatoms. The summed E-state index contributed by atoms with van der Waals surface area (Å²) in [5.41, 5.74) is 0.687. The fraction of sp³-hybridized carbons (Fsp3) is 0.611. The Morgan fingerprint density at radius 1 is 1.21 bits per heavy atom. The number of hydrogen-bond donors (Lipinski definition) is 1. The summed E-state index contributed by atoms with van der Waals surface area (Å²) in [6, 6.07) is 5.27. The van der Waals surface area contributed by atoms with Crippen LogP contribution < -0.4 is 14.8 Å². The Balaban J connectivity index is 1.94. The highest BCUT2D eigenvalue weighted by atomic mass is 16.5. The van der Waals surface area contributed by atoms with E-state index in [0.29, 0.717) is 36.3 Å². The minimum absolute atomic E-state index is 0.102. The number of hydrogen-bond acceptors (Lipinski definition) is 4. The molecule has 0 radical (unpaired) electrons. The normalized spacial score (nSPS) is 14.5. The van der Waals surface area contributed by atoms with Gasteiger partial charge < -0.3 is 24.4 Å². The molecule has 24 heavy (non-hydrogen) atoms. The lowest BCUT2D eigenvalue weighted by Crippen LogP contribution is -2.34. The molecule has 0 spiro atoms. The topological polar surface area (TPSA) is 60.0 Å². The van der Waals surface area contributed by atoms with Crippen LogP contribution in [0, 0.1) is 5.92 Å². The standard InChI is InChI=1S/C18H28N2O4/c1-20(13-14-6-4-5-7-14)18(21)19-15-8-9-16(23-3)17(12-15)24-11-10-22-2/h8-9,12,14H,4-7,10-11,13H2,1-3H3,(H,19,21). The molecule has 134 valence electrons. The lowest BCUT2D eigenvalue weighted by Gasteiger charge is -2.22. The molecule has 1 aromatic rings. The third kappa shape index (κ3) is 5.30. The number of urea groups is 1. The van der Waals surface area contributed by atoms with Crippen molar-refractivity contribution in [2.45, 2.75) is 25.7 Å². The Hall–Kier alpha value is -1.95. The number of nitrogens with one attached hydrogen (secondary N) is 1. The highest BCUT2D eigenvalue weighted by Gasteiger charge is 2.19. The van der Waals surface area contributed by atoms with Crippen molar-refractivity contribution in [2.24, 2.45) is 5.92 Å². The molecule has 2 amide bonds. The van der Waals surface area contributed by atoms with Gasteiger partial charge in [0.2, 0.25) is 0 Å². The van der Waals surface area contributed by atoms with Gasteiger partial charge in [0.25, 0.3) is 0 Å². The maximum absolute atomic E-state index is 12.3. The lowest BCUT2D eigenvalue weighted by atomic mass is 10.1. The van der Waals surface area contributed by atoms with Crippen LogP contribution in [-0.4, -0.2) is 52.0 Å². The number of ether oxygens (including phenoxy) is 3. The van der Waals surface area contributed by atoms with Gasteiger partial charge in [0.1, 0.15) is 6.61 Å². The van der Waals surface area contributed by atoms with Gasteiger partial charge in [0.05, 0.1) is 13.7 Å². The average Bonchev–Trinajstić information content (AvgIpc) is 3.08. The molecule has 0 heterocycles. The summed E-state index contributed by atoms with van der Waals surface area (Å²) in [5.74, 6) is 1.85. The molecule has 0 aliphatic heterocycles. The first-order valence-corrected chi connectivity index (χ1v) is 8.46. The number of methoxy groups -OCH3 is 2. The Labute approximate surface area is 144 Å². The molecule has 1 saturated carbocycles. The molecule has 1 aliphatic carbocycles. The number of carbonyl (C=O) groups excluding carboxylic acids is 1. The fourth-order valence-electron chi connectivity index (χ4n) is 2.98. The van der Waals surface area contributed by atoms with Crippen molar-refractivity contribution in [2.75, 3.05) is 46.3 Å². The van der Waals surface area contributed by atoms with Crippen LogP contribution in [0.3, 0.4) is 0 Å². The molecule has 0 saturated heterocycles. The highest BCUT2D eigenvalue weighted by Crippen LogP contribution is 2.30. The second-order valence-corrected chi connectivity index (χ2v) is 6.17. The van der Waals surface area contributed by atoms with Crippen molar-refractivity contribution in [1.82, 2.24) is 4.90 Å². The van der Waals surface area contributed by atoms with E-state index in [1.54, 1.807) is 31.3 Å². The van der Waals surface area contributed by atoms with Crippen LogP contribution in [0.15, 0.2) is 18.2 Å². The summed E-state index contributed by atoms with van der Waals surface area (Å²) >= 11 is 0. The van der Waals surface area contributed by atoms with E-state index < -0.39 is 0 Å². The van der Waals surface area contributed by atoms with E-state index in [9.17, 15) is 4.79 Å². The average molecular weight is 336 g/mol. The number of anilines is 1. The number of amides is 2. The lowest BCUT2D eigenvalue weighted by molar-refractivity contribution is 0.144. The van der Waals surface area contributed by atoms with Gasteiger partial charge in [-0.1, -0.05) is 12.8 Å². The van der Waals surface area contributed by atoms with Gasteiger partial charge in [-0.15, -0.1) is 0 Å². The number of carbonyl (C=O) groups is 1. The van der Waals surface area contributed by atoms with Crippen molar-refractivity contribution in [3.8, 4) is 11.5 Å². The quantitative estimate of drug-likeness (QED) is 0.739. The molecule has 0 unspecified atom stereocenters. The molecular formula is C18H28N2O4. The first-order chi connectivity index (χ1) is 11.6. The van der Waals surface area contributed by atoms with E-state index in [1.807, 2.05) is 13.1 Å². The van der Waals surface area contributed by atoms with Gasteiger partial charge in [-0.2, -0.15) is 0 Å². The molecular weight excluding hydrogens is 308 g/mol. The zero-order valence-corrected chi connectivity index (χ0v) is 14.8. The third-order valence-electron chi connectivity index (χ3n) is 4.31. The molecule has 1 aliphatic rings. The number of rotatable bonds is 8. The summed E-state index contributed by atoms with van der Waals surface area (Å²) in [6.07, 6.45) is 5.00. The third-order valence-corrected chi connectivity index (χ3v) is 4.31. The summed E-state index contributed by atoms with van der Waals surface area (Å²) in [4.78, 5) is 14.1. The predicted molar refractivity (Wildman–Crippen MR) is 94.0 cm³/mol. The minimum atomic E-state index is -0.102. The van der Waals surface area contributed by atoms with Crippen LogP contribution in [0.1, 0.15) is 25.7 Å². The van der Waals surface area contributed by atoms with Gasteiger partial charge in [0, 0.05) is 32.5 Å². The Bertz CT molecular complexity index is 530. The van der Waals surface area contributed by atoms with E-state index in [4.69, 9.17) is 14.2 Å². The molecule has 1 fully saturated rings. The van der Waals surface area contributed by atoms with Crippen molar-refractivity contribution in [3.63, 3.8) is 0 Å². The molecule has 0 bridgehead atoms. The molecule has 0 atom stereocenters. The van der Waals surface area contributed by atoms with E-state index >= 15 is 0 Å². The van der Waals surface area contributed by atoms with Crippen LogP contribution in [0.25, 0.3) is 0 Å². The number of nitrogens with zero attached hydrogens (tertiary/aromatic N) is 1. The predicted octanol–water partition coefficient (Wildman–Crippen LogP) is 3.37. The van der Waals surface area contributed by atoms with Crippen molar-refractivity contribution in [1.29, 1.82) is 0 Å². The van der Waals surface area contributed by atoms with Crippen LogP contribution in [-0.2, 0) is 4.74 Å². The molecule has 2 rings (SSSR count). The zero-order chi connectivity index (χ0) is 17.4. The summed E-state index contributed by atoms with van der Waals surface area (Å²) in [7, 11) is 5.05. The maximum Gasteiger partial charge on any atom is 0.321 e. The fourth-order valence-corrected chi connectivity index (χ4v) is 2.98. The van der Waals surface area contributed by atoms with Crippen LogP contribution in [0.4, 0.5) is 10.5 Å². The van der Waals surface area contributed by atoms with Crippen LogP contribution in [0.2, 0.25) is 0 Å². The molecule has 0 aromatic heterocycles. The van der Waals surface area contributed by atoms with E-state index in [1.165, 1.54) is 25.7 Å². The smallest absolute Gasteiger partial charge is 0.321 e. The summed E-state index contributed by atoms with van der Waals surface area (Å²) in [6.45, 7) is 1.72. The van der Waals surface area contributed by atoms with Gasteiger partial charge in [-0.05, 0) is 30.9 Å². The second-order valence-electron chi connectivity index (χ2n) is 6.17. The first-order valence-electron chi connectivity index (χ1n) is 8.46. The van der Waals surface area contributed by atoms with Gasteiger partial charge in [-0.3, -0.25) is 0 Å². The molecule has 1 aromatic carbocycles. The molecule has 1 N–H and O–H groups in total. The largest absolute Gasteiger partial charge is 0.493 e. The van der Waals surface area contributed by atoms with E-state index in [0.717, 1.165) is 6.54 Å². The summed E-state index contributed by atoms with van der Waals surface area (Å²) < 4.78 is 15.9. The van der Waals surface area contributed by atoms with Gasteiger partial charge >= 0.3 is 6.03 Å². The van der Waals surface area contributed by atoms with Crippen molar-refractivity contribution >= 4 is 11.7 Å². The van der Waals surface area contributed by atoms with Gasteiger partial charge in [-0.25, -0.2) is 4.79 Å². The van der Waals surface area contributed by atoms with Crippen LogP contribution >= 0.6 is 0 Å². The minimum Gasteiger partial charge on any atom is -0.493 e. The van der Waals surface area contributed by atoms with Crippen molar-refractivity contribution in [3.05, 3.63) is 18.2 Å². The Morgan fingerprint density at radius 3 is 2.62 bits per heavy atom. The van der Waals surface area contributed by atoms with Crippen molar-refractivity contribution < 1.29 is 19.0 Å². The maximum atomic E-state index is 12.3. The van der Waals surface area contributed by atoms with E-state index in [-0.39, 0.29) is 6.03 Å². The second kappa shape index (κ2) is 9.37. The Kier molecular flexibility index (Phi) is 7.18.